The number of hydrogen-bond donors (Lipinski definition) is 3. The molecule has 4 N–H and O–H groups in total. The Kier molecular flexibility index (Phi) is 4.85. The van der Waals surface area contributed by atoms with Crippen LogP contribution in [0.2, 0.25) is 0 Å². The Bertz CT molecular complexity index is 360. The van der Waals surface area contributed by atoms with E-state index in [4.69, 9.17) is 5.73 Å². The molecule has 0 aromatic rings. The molecule has 1 amide bonds. The lowest BCUT2D eigenvalue weighted by molar-refractivity contribution is -0.128. The van der Waals surface area contributed by atoms with Gasteiger partial charge in [-0.3, -0.25) is 4.79 Å². The van der Waals surface area contributed by atoms with Crippen LogP contribution in [-0.4, -0.2) is 29.7 Å². The van der Waals surface area contributed by atoms with Crippen molar-refractivity contribution in [1.29, 1.82) is 0 Å². The molecule has 3 rings (SSSR count). The number of nitrogens with two attached hydrogens (primary N) is 1. The van der Waals surface area contributed by atoms with Gasteiger partial charge in [-0.05, 0) is 50.4 Å². The van der Waals surface area contributed by atoms with E-state index < -0.39 is 0 Å². The van der Waals surface area contributed by atoms with E-state index in [-0.39, 0.29) is 23.8 Å². The van der Waals surface area contributed by atoms with Crippen molar-refractivity contribution < 1.29 is 9.90 Å². The summed E-state index contributed by atoms with van der Waals surface area (Å²) in [6.07, 6.45) is 9.63. The molecular formula is C17H30N2O2. The van der Waals surface area contributed by atoms with Crippen LogP contribution in [0.3, 0.4) is 0 Å². The van der Waals surface area contributed by atoms with E-state index in [0.29, 0.717) is 24.4 Å². The third kappa shape index (κ3) is 3.42. The maximum absolute atomic E-state index is 12.5. The van der Waals surface area contributed by atoms with Crippen LogP contribution in [0.5, 0.6) is 0 Å². The molecular weight excluding hydrogens is 264 g/mol. The van der Waals surface area contributed by atoms with Crippen LogP contribution in [0, 0.1) is 23.7 Å². The van der Waals surface area contributed by atoms with Crippen molar-refractivity contribution >= 4 is 5.91 Å². The van der Waals surface area contributed by atoms with Gasteiger partial charge in [-0.25, -0.2) is 0 Å². The lowest BCUT2D eigenvalue weighted by atomic mass is 9.65. The Morgan fingerprint density at radius 3 is 2.38 bits per heavy atom. The van der Waals surface area contributed by atoms with Crippen molar-refractivity contribution in [2.75, 3.05) is 6.54 Å². The predicted octanol–water partition coefficient (Wildman–Crippen LogP) is 1.81. The lowest BCUT2D eigenvalue weighted by Crippen LogP contribution is -2.49. The van der Waals surface area contributed by atoms with Gasteiger partial charge in [0.15, 0.2) is 0 Å². The van der Waals surface area contributed by atoms with Crippen LogP contribution >= 0.6 is 0 Å². The van der Waals surface area contributed by atoms with E-state index in [1.165, 1.54) is 25.7 Å². The summed E-state index contributed by atoms with van der Waals surface area (Å²) >= 11 is 0. The molecule has 0 aromatic heterocycles. The Balaban J connectivity index is 1.49. The van der Waals surface area contributed by atoms with Gasteiger partial charge in [0.25, 0.3) is 0 Å². The number of carbonyl (C=O) groups excluding carboxylic acids is 1. The normalized spacial score (nSPS) is 43.3. The largest absolute Gasteiger partial charge is 0.393 e. The minimum Gasteiger partial charge on any atom is -0.393 e. The third-order valence-corrected chi connectivity index (χ3v) is 6.19. The summed E-state index contributed by atoms with van der Waals surface area (Å²) in [6.45, 7) is 0.651. The summed E-state index contributed by atoms with van der Waals surface area (Å²) in [5.41, 5.74) is 6.29. The molecule has 0 saturated heterocycles. The molecule has 0 aromatic carbocycles. The van der Waals surface area contributed by atoms with Gasteiger partial charge in [-0.15, -0.1) is 0 Å². The van der Waals surface area contributed by atoms with Crippen LogP contribution in [0.1, 0.15) is 57.8 Å². The first-order valence-corrected chi connectivity index (χ1v) is 8.86. The fourth-order valence-corrected chi connectivity index (χ4v) is 4.81. The van der Waals surface area contributed by atoms with Crippen LogP contribution in [0.4, 0.5) is 0 Å². The molecule has 21 heavy (non-hydrogen) atoms. The van der Waals surface area contributed by atoms with Gasteiger partial charge in [0.2, 0.25) is 5.91 Å². The monoisotopic (exact) mass is 294 g/mol. The van der Waals surface area contributed by atoms with Crippen molar-refractivity contribution in [2.45, 2.75) is 69.9 Å². The fraction of sp³-hybridized carbons (Fsp3) is 0.941. The molecule has 120 valence electrons. The van der Waals surface area contributed by atoms with Crippen molar-refractivity contribution in [3.05, 3.63) is 0 Å². The van der Waals surface area contributed by atoms with Gasteiger partial charge in [0, 0.05) is 24.4 Å². The minimum atomic E-state index is -0.224. The first-order valence-electron chi connectivity index (χ1n) is 8.86. The van der Waals surface area contributed by atoms with Crippen molar-refractivity contribution in [1.82, 2.24) is 5.32 Å². The standard InChI is InChI=1S/C17H30N2O2/c18-16-11-5-3-6-12(16)9-14(8-11)17(21)19-10-13-4-1-2-7-15(13)20/h11-16,20H,1-10,18H2,(H,19,21). The summed E-state index contributed by atoms with van der Waals surface area (Å²) in [5.74, 6) is 1.72. The molecule has 3 aliphatic rings. The van der Waals surface area contributed by atoms with E-state index in [2.05, 4.69) is 5.32 Å². The van der Waals surface area contributed by atoms with E-state index in [0.717, 1.165) is 32.1 Å². The molecule has 4 heteroatoms. The first-order chi connectivity index (χ1) is 10.1. The number of nitrogens with one attached hydrogen (secondary N) is 1. The summed E-state index contributed by atoms with van der Waals surface area (Å²) in [4.78, 5) is 12.5. The second-order valence-corrected chi connectivity index (χ2v) is 7.55. The molecule has 0 aliphatic heterocycles. The number of amides is 1. The van der Waals surface area contributed by atoms with Gasteiger partial charge >= 0.3 is 0 Å². The smallest absolute Gasteiger partial charge is 0.223 e. The van der Waals surface area contributed by atoms with Gasteiger partial charge in [-0.1, -0.05) is 19.3 Å². The summed E-state index contributed by atoms with van der Waals surface area (Å²) in [5, 5.41) is 13.1. The van der Waals surface area contributed by atoms with E-state index in [9.17, 15) is 9.90 Å². The molecule has 4 atom stereocenters. The van der Waals surface area contributed by atoms with Crippen LogP contribution in [-0.2, 0) is 4.79 Å². The molecule has 2 bridgehead atoms. The van der Waals surface area contributed by atoms with Crippen molar-refractivity contribution in [3.63, 3.8) is 0 Å². The molecule has 4 unspecified atom stereocenters. The number of fused-ring (bicyclic) bond motifs is 2. The molecule has 0 radical (unpaired) electrons. The van der Waals surface area contributed by atoms with Crippen molar-refractivity contribution in [3.8, 4) is 0 Å². The fourth-order valence-electron chi connectivity index (χ4n) is 4.81. The highest BCUT2D eigenvalue weighted by Crippen LogP contribution is 2.41. The average Bonchev–Trinajstić information content (AvgIpc) is 2.46. The Morgan fingerprint density at radius 1 is 1.05 bits per heavy atom. The number of aliphatic hydroxyl groups excluding tert-OH is 1. The molecule has 0 heterocycles. The molecule has 3 fully saturated rings. The number of hydrogen-bond acceptors (Lipinski definition) is 3. The maximum atomic E-state index is 12.5. The zero-order chi connectivity index (χ0) is 14.8. The van der Waals surface area contributed by atoms with Crippen LogP contribution < -0.4 is 11.1 Å². The predicted molar refractivity (Wildman–Crippen MR) is 82.5 cm³/mol. The van der Waals surface area contributed by atoms with Crippen LogP contribution in [0.25, 0.3) is 0 Å². The van der Waals surface area contributed by atoms with Crippen LogP contribution in [0.15, 0.2) is 0 Å². The highest BCUT2D eigenvalue weighted by molar-refractivity contribution is 5.78. The molecule has 4 nitrogen and oxygen atoms in total. The minimum absolute atomic E-state index is 0.154. The zero-order valence-electron chi connectivity index (χ0n) is 13.0. The third-order valence-electron chi connectivity index (χ3n) is 6.19. The van der Waals surface area contributed by atoms with E-state index in [1.807, 2.05) is 0 Å². The SMILES string of the molecule is NC1C2CCCC1CC(C(=O)NCC1CCCCC1O)C2. The highest BCUT2D eigenvalue weighted by Gasteiger charge is 2.40. The molecule has 3 aliphatic carbocycles. The Morgan fingerprint density at radius 2 is 1.71 bits per heavy atom. The zero-order valence-corrected chi connectivity index (χ0v) is 13.0. The highest BCUT2D eigenvalue weighted by atomic mass is 16.3. The van der Waals surface area contributed by atoms with Crippen molar-refractivity contribution in [2.24, 2.45) is 29.4 Å². The quantitative estimate of drug-likeness (QED) is 0.743. The summed E-state index contributed by atoms with van der Waals surface area (Å²) in [6, 6.07) is 0.322. The van der Waals surface area contributed by atoms with Gasteiger partial charge < -0.3 is 16.2 Å². The lowest BCUT2D eigenvalue weighted by Gasteiger charge is -2.43. The molecule has 0 spiro atoms. The Hall–Kier alpha value is -0.610. The number of carbonyl (C=O) groups is 1. The first kappa shape index (κ1) is 15.3. The summed E-state index contributed by atoms with van der Waals surface area (Å²) in [7, 11) is 0. The second-order valence-electron chi connectivity index (χ2n) is 7.55. The number of aliphatic hydroxyl groups is 1. The summed E-state index contributed by atoms with van der Waals surface area (Å²) < 4.78 is 0. The molecule has 3 saturated carbocycles. The van der Waals surface area contributed by atoms with Gasteiger partial charge in [0.05, 0.1) is 6.10 Å². The van der Waals surface area contributed by atoms with E-state index in [1.54, 1.807) is 0 Å². The number of rotatable bonds is 3. The average molecular weight is 294 g/mol. The van der Waals surface area contributed by atoms with E-state index >= 15 is 0 Å². The Labute approximate surface area is 127 Å². The second kappa shape index (κ2) is 6.66. The van der Waals surface area contributed by atoms with Gasteiger partial charge in [-0.2, -0.15) is 0 Å². The van der Waals surface area contributed by atoms with Gasteiger partial charge in [0.1, 0.15) is 0 Å². The maximum Gasteiger partial charge on any atom is 0.223 e. The topological polar surface area (TPSA) is 75.4 Å².